The Hall–Kier alpha value is -2.85. The highest BCUT2D eigenvalue weighted by Crippen LogP contribution is 2.20. The van der Waals surface area contributed by atoms with Crippen molar-refractivity contribution >= 4 is 27.0 Å². The van der Waals surface area contributed by atoms with Gasteiger partial charge in [-0.15, -0.1) is 0 Å². The number of alkyl halides is 2. The molecule has 7 nitrogen and oxygen atoms in total. The molecule has 1 amide bonds. The maximum absolute atomic E-state index is 12.7. The number of fused-ring (bicyclic) bond motifs is 1. The summed E-state index contributed by atoms with van der Waals surface area (Å²) in [6.45, 7) is 0.237. The molecule has 0 aliphatic heterocycles. The highest BCUT2D eigenvalue weighted by Gasteiger charge is 2.14. The number of carbonyl (C=O) groups is 1. The Kier molecular flexibility index (Phi) is 5.71. The maximum atomic E-state index is 12.7. The van der Waals surface area contributed by atoms with E-state index in [4.69, 9.17) is 0 Å². The molecule has 3 rings (SSSR count). The third-order valence-electron chi connectivity index (χ3n) is 4.11. The van der Waals surface area contributed by atoms with Gasteiger partial charge >= 0.3 is 0 Å². The fourth-order valence-corrected chi connectivity index (χ4v) is 3.38. The zero-order valence-corrected chi connectivity index (χ0v) is 15.7. The smallest absolute Gasteiger partial charge is 0.295 e. The van der Waals surface area contributed by atoms with E-state index >= 15 is 0 Å². The zero-order valence-electron chi connectivity index (χ0n) is 14.9. The van der Waals surface area contributed by atoms with Gasteiger partial charge in [0.25, 0.3) is 12.3 Å². The summed E-state index contributed by atoms with van der Waals surface area (Å²) in [5.74, 6) is -0.925. The van der Waals surface area contributed by atoms with Crippen molar-refractivity contribution in [3.63, 3.8) is 0 Å². The number of rotatable bonds is 7. The lowest BCUT2D eigenvalue weighted by molar-refractivity contribution is 0.0951. The molecule has 0 radical (unpaired) electrons. The standard InChI is InChI=1S/C18H18F2N4O3S/c1-21-28(26,27)10-12-4-2-11(3-5-12)9-22-18(25)13-6-7-14-15(8-13)24-17(23-14)16(19)20/h2-8,16,21H,9-10H2,1H3,(H,22,25)(H,23,24). The van der Waals surface area contributed by atoms with Crippen LogP contribution in [0.25, 0.3) is 11.0 Å². The molecule has 10 heteroatoms. The number of hydrogen-bond donors (Lipinski definition) is 3. The third-order valence-corrected chi connectivity index (χ3v) is 5.45. The summed E-state index contributed by atoms with van der Waals surface area (Å²) in [6.07, 6.45) is -2.71. The van der Waals surface area contributed by atoms with Crippen LogP contribution in [-0.4, -0.2) is 31.3 Å². The van der Waals surface area contributed by atoms with Crippen LogP contribution in [0.5, 0.6) is 0 Å². The number of H-pyrrole nitrogens is 1. The summed E-state index contributed by atoms with van der Waals surface area (Å²) in [5.41, 5.74) is 2.45. The minimum absolute atomic E-state index is 0.124. The first-order valence-corrected chi connectivity index (χ1v) is 9.97. The lowest BCUT2D eigenvalue weighted by Gasteiger charge is -2.07. The molecule has 0 bridgehead atoms. The molecular weight excluding hydrogens is 390 g/mol. The fourth-order valence-electron chi connectivity index (χ4n) is 2.60. The lowest BCUT2D eigenvalue weighted by Crippen LogP contribution is -2.23. The Balaban J connectivity index is 1.64. The maximum Gasteiger partial charge on any atom is 0.295 e. The average Bonchev–Trinajstić information content (AvgIpc) is 3.10. The van der Waals surface area contributed by atoms with Crippen LogP contribution in [0.3, 0.4) is 0 Å². The quantitative estimate of drug-likeness (QED) is 0.559. The second kappa shape index (κ2) is 8.03. The molecule has 0 spiro atoms. The Labute approximate surface area is 160 Å². The lowest BCUT2D eigenvalue weighted by atomic mass is 10.1. The first kappa shape index (κ1) is 19.9. The number of nitrogens with zero attached hydrogens (tertiary/aromatic N) is 1. The number of aromatic nitrogens is 2. The number of hydrogen-bond acceptors (Lipinski definition) is 4. The normalized spacial score (nSPS) is 11.9. The van der Waals surface area contributed by atoms with E-state index in [1.807, 2.05) is 0 Å². The molecule has 2 aromatic carbocycles. The monoisotopic (exact) mass is 408 g/mol. The van der Waals surface area contributed by atoms with Crippen LogP contribution in [0, 0.1) is 0 Å². The third kappa shape index (κ3) is 4.70. The number of benzene rings is 2. The van der Waals surface area contributed by atoms with Gasteiger partial charge in [0.05, 0.1) is 16.8 Å². The first-order chi connectivity index (χ1) is 13.3. The molecular formula is C18H18F2N4O3S. The minimum atomic E-state index is -3.34. The van der Waals surface area contributed by atoms with Gasteiger partial charge in [0.2, 0.25) is 10.0 Å². The van der Waals surface area contributed by atoms with Gasteiger partial charge in [-0.3, -0.25) is 4.79 Å². The van der Waals surface area contributed by atoms with E-state index in [0.29, 0.717) is 22.2 Å². The van der Waals surface area contributed by atoms with E-state index in [2.05, 4.69) is 20.0 Å². The predicted octanol–water partition coefficient (Wildman–Crippen LogP) is 2.48. The van der Waals surface area contributed by atoms with Gasteiger partial charge in [0.15, 0.2) is 5.82 Å². The topological polar surface area (TPSA) is 104 Å². The van der Waals surface area contributed by atoms with E-state index in [1.54, 1.807) is 24.3 Å². The number of sulfonamides is 1. The number of nitrogens with one attached hydrogen (secondary N) is 3. The predicted molar refractivity (Wildman–Crippen MR) is 100 cm³/mol. The Morgan fingerprint density at radius 1 is 1.14 bits per heavy atom. The van der Waals surface area contributed by atoms with Crippen LogP contribution in [0.4, 0.5) is 8.78 Å². The van der Waals surface area contributed by atoms with Gasteiger partial charge in [-0.25, -0.2) is 26.9 Å². The van der Waals surface area contributed by atoms with Crippen molar-refractivity contribution in [2.75, 3.05) is 7.05 Å². The highest BCUT2D eigenvalue weighted by molar-refractivity contribution is 7.88. The molecule has 0 unspecified atom stereocenters. The fraction of sp³-hybridized carbons (Fsp3) is 0.222. The van der Waals surface area contributed by atoms with Gasteiger partial charge in [0.1, 0.15) is 0 Å². The largest absolute Gasteiger partial charge is 0.348 e. The van der Waals surface area contributed by atoms with Gasteiger partial charge in [-0.05, 0) is 36.4 Å². The number of aromatic amines is 1. The van der Waals surface area contributed by atoms with Crippen molar-refractivity contribution in [1.82, 2.24) is 20.0 Å². The van der Waals surface area contributed by atoms with Crippen LogP contribution in [0.1, 0.15) is 33.7 Å². The van der Waals surface area contributed by atoms with Gasteiger partial charge in [-0.2, -0.15) is 0 Å². The molecule has 1 aromatic heterocycles. The first-order valence-electron chi connectivity index (χ1n) is 8.32. The molecule has 0 aliphatic carbocycles. The molecule has 0 saturated carbocycles. The number of amides is 1. The van der Waals surface area contributed by atoms with Crippen LogP contribution in [0.2, 0.25) is 0 Å². The summed E-state index contributed by atoms with van der Waals surface area (Å²) < 4.78 is 50.7. The summed E-state index contributed by atoms with van der Waals surface area (Å²) in [6, 6.07) is 11.3. The van der Waals surface area contributed by atoms with E-state index in [1.165, 1.54) is 25.2 Å². The van der Waals surface area contributed by atoms with Crippen molar-refractivity contribution in [2.45, 2.75) is 18.7 Å². The Morgan fingerprint density at radius 2 is 1.82 bits per heavy atom. The summed E-state index contributed by atoms with van der Waals surface area (Å²) >= 11 is 0. The minimum Gasteiger partial charge on any atom is -0.348 e. The number of halogens is 2. The molecule has 3 aromatic rings. The second-order valence-corrected chi connectivity index (χ2v) is 8.04. The number of carbonyl (C=O) groups excluding carboxylic acids is 1. The second-order valence-electron chi connectivity index (χ2n) is 6.12. The molecule has 0 aliphatic rings. The van der Waals surface area contributed by atoms with Gasteiger partial charge in [-0.1, -0.05) is 24.3 Å². The van der Waals surface area contributed by atoms with Crippen molar-refractivity contribution in [3.8, 4) is 0 Å². The van der Waals surface area contributed by atoms with E-state index < -0.39 is 22.3 Å². The summed E-state index contributed by atoms with van der Waals surface area (Å²) in [4.78, 5) is 18.6. The van der Waals surface area contributed by atoms with E-state index in [-0.39, 0.29) is 18.2 Å². The molecule has 28 heavy (non-hydrogen) atoms. The summed E-state index contributed by atoms with van der Waals surface area (Å²) in [7, 11) is -1.99. The zero-order chi connectivity index (χ0) is 20.3. The van der Waals surface area contributed by atoms with Gasteiger partial charge in [0, 0.05) is 12.1 Å². The number of imidazole rings is 1. The molecule has 3 N–H and O–H groups in total. The van der Waals surface area contributed by atoms with Crippen LogP contribution < -0.4 is 10.0 Å². The molecule has 0 fully saturated rings. The molecule has 0 saturated heterocycles. The summed E-state index contributed by atoms with van der Waals surface area (Å²) in [5, 5.41) is 2.74. The van der Waals surface area contributed by atoms with Crippen LogP contribution in [-0.2, 0) is 22.3 Å². The highest BCUT2D eigenvalue weighted by atomic mass is 32.2. The van der Waals surface area contributed by atoms with Crippen molar-refractivity contribution in [1.29, 1.82) is 0 Å². The van der Waals surface area contributed by atoms with Crippen LogP contribution in [0.15, 0.2) is 42.5 Å². The molecule has 1 heterocycles. The van der Waals surface area contributed by atoms with Crippen molar-refractivity contribution in [3.05, 3.63) is 65.0 Å². The van der Waals surface area contributed by atoms with Crippen molar-refractivity contribution in [2.24, 2.45) is 0 Å². The Morgan fingerprint density at radius 3 is 2.46 bits per heavy atom. The molecule has 0 atom stereocenters. The van der Waals surface area contributed by atoms with E-state index in [0.717, 1.165) is 5.56 Å². The van der Waals surface area contributed by atoms with Crippen molar-refractivity contribution < 1.29 is 22.0 Å². The molecule has 148 valence electrons. The van der Waals surface area contributed by atoms with Crippen LogP contribution >= 0.6 is 0 Å². The SMILES string of the molecule is CNS(=O)(=O)Cc1ccc(CNC(=O)c2ccc3nc(C(F)F)[nH]c3c2)cc1. The van der Waals surface area contributed by atoms with E-state index in [9.17, 15) is 22.0 Å². The van der Waals surface area contributed by atoms with Gasteiger partial charge < -0.3 is 10.3 Å². The average molecular weight is 408 g/mol. The Bertz CT molecular complexity index is 1100.